The van der Waals surface area contributed by atoms with Crippen molar-refractivity contribution in [3.8, 4) is 0 Å². The van der Waals surface area contributed by atoms with E-state index in [2.05, 4.69) is 0 Å². The Balaban J connectivity index is 2.61. The molecule has 1 aromatic rings. The van der Waals surface area contributed by atoms with Crippen molar-refractivity contribution in [1.82, 2.24) is 4.90 Å². The standard InChI is InChI=1S/C15H22N2O3/c1-3-11(2)17(10-15(19)20)14(18)9-6-12-4-7-13(16)8-5-12/h4-5,7-8,11H,3,6,9-10,16H2,1-2H3,(H,19,20). The molecule has 1 unspecified atom stereocenters. The van der Waals surface area contributed by atoms with Gasteiger partial charge in [-0.3, -0.25) is 9.59 Å². The van der Waals surface area contributed by atoms with Crippen molar-refractivity contribution in [2.75, 3.05) is 12.3 Å². The molecule has 20 heavy (non-hydrogen) atoms. The van der Waals surface area contributed by atoms with Gasteiger partial charge in [0, 0.05) is 18.2 Å². The van der Waals surface area contributed by atoms with E-state index in [0.717, 1.165) is 12.0 Å². The Labute approximate surface area is 119 Å². The number of carbonyl (C=O) groups excluding carboxylic acids is 1. The van der Waals surface area contributed by atoms with Crippen molar-refractivity contribution in [3.05, 3.63) is 29.8 Å². The SMILES string of the molecule is CCC(C)N(CC(=O)O)C(=O)CCc1ccc(N)cc1. The summed E-state index contributed by atoms with van der Waals surface area (Å²) in [5.41, 5.74) is 7.31. The second-order valence-electron chi connectivity index (χ2n) is 4.91. The van der Waals surface area contributed by atoms with Gasteiger partial charge in [-0.2, -0.15) is 0 Å². The maximum absolute atomic E-state index is 12.2. The van der Waals surface area contributed by atoms with E-state index in [0.29, 0.717) is 18.5 Å². The second-order valence-corrected chi connectivity index (χ2v) is 4.91. The molecule has 0 radical (unpaired) electrons. The lowest BCUT2D eigenvalue weighted by Gasteiger charge is -2.27. The molecule has 1 atom stereocenters. The third-order valence-corrected chi connectivity index (χ3v) is 3.36. The minimum Gasteiger partial charge on any atom is -0.480 e. The molecular formula is C15H22N2O3. The molecule has 0 saturated carbocycles. The third kappa shape index (κ3) is 4.91. The average molecular weight is 278 g/mol. The maximum atomic E-state index is 12.2. The number of hydrogen-bond donors (Lipinski definition) is 2. The number of aliphatic carboxylic acids is 1. The van der Waals surface area contributed by atoms with Gasteiger partial charge in [0.2, 0.25) is 5.91 Å². The molecule has 1 amide bonds. The molecule has 3 N–H and O–H groups in total. The van der Waals surface area contributed by atoms with Crippen LogP contribution >= 0.6 is 0 Å². The molecule has 0 aliphatic carbocycles. The van der Waals surface area contributed by atoms with E-state index in [1.807, 2.05) is 26.0 Å². The summed E-state index contributed by atoms with van der Waals surface area (Å²) < 4.78 is 0. The van der Waals surface area contributed by atoms with Crippen LogP contribution in [-0.4, -0.2) is 34.5 Å². The minimum atomic E-state index is -0.980. The normalized spacial score (nSPS) is 11.9. The summed E-state index contributed by atoms with van der Waals surface area (Å²) in [6, 6.07) is 7.29. The number of amides is 1. The summed E-state index contributed by atoms with van der Waals surface area (Å²) in [6.07, 6.45) is 1.63. The highest BCUT2D eigenvalue weighted by atomic mass is 16.4. The zero-order chi connectivity index (χ0) is 15.1. The van der Waals surface area contributed by atoms with E-state index in [-0.39, 0.29) is 18.5 Å². The molecule has 1 rings (SSSR count). The highest BCUT2D eigenvalue weighted by Crippen LogP contribution is 2.11. The van der Waals surface area contributed by atoms with Crippen molar-refractivity contribution in [2.45, 2.75) is 39.2 Å². The number of hydrogen-bond acceptors (Lipinski definition) is 3. The smallest absolute Gasteiger partial charge is 0.323 e. The summed E-state index contributed by atoms with van der Waals surface area (Å²) in [6.45, 7) is 3.56. The quantitative estimate of drug-likeness (QED) is 0.746. The van der Waals surface area contributed by atoms with E-state index in [1.54, 1.807) is 12.1 Å². The van der Waals surface area contributed by atoms with Crippen LogP contribution in [0, 0.1) is 0 Å². The molecule has 0 heterocycles. The van der Waals surface area contributed by atoms with Crippen LogP contribution in [0.5, 0.6) is 0 Å². The van der Waals surface area contributed by atoms with Crippen LogP contribution in [-0.2, 0) is 16.0 Å². The van der Waals surface area contributed by atoms with Gasteiger partial charge < -0.3 is 15.7 Å². The van der Waals surface area contributed by atoms with Crippen LogP contribution in [0.4, 0.5) is 5.69 Å². The number of nitrogens with two attached hydrogens (primary N) is 1. The number of carboxylic acids is 1. The molecule has 0 fully saturated rings. The summed E-state index contributed by atoms with van der Waals surface area (Å²) >= 11 is 0. The van der Waals surface area contributed by atoms with Crippen LogP contribution in [0.3, 0.4) is 0 Å². The minimum absolute atomic E-state index is 0.0648. The monoisotopic (exact) mass is 278 g/mol. The first-order chi connectivity index (χ1) is 9.43. The number of nitrogen functional groups attached to an aromatic ring is 1. The Bertz CT molecular complexity index is 457. The highest BCUT2D eigenvalue weighted by Gasteiger charge is 2.21. The van der Waals surface area contributed by atoms with Gasteiger partial charge in [0.05, 0.1) is 0 Å². The predicted octanol–water partition coefficient (Wildman–Crippen LogP) is 1.91. The highest BCUT2D eigenvalue weighted by molar-refractivity contribution is 5.81. The van der Waals surface area contributed by atoms with Gasteiger partial charge in [0.25, 0.3) is 0 Å². The molecule has 5 nitrogen and oxygen atoms in total. The molecule has 0 aliphatic rings. The fourth-order valence-corrected chi connectivity index (χ4v) is 1.94. The van der Waals surface area contributed by atoms with E-state index in [4.69, 9.17) is 10.8 Å². The van der Waals surface area contributed by atoms with E-state index in [9.17, 15) is 9.59 Å². The lowest BCUT2D eigenvalue weighted by molar-refractivity contribution is -0.146. The summed E-state index contributed by atoms with van der Waals surface area (Å²) in [4.78, 5) is 24.4. The lowest BCUT2D eigenvalue weighted by Crippen LogP contribution is -2.41. The number of carboxylic acid groups (broad SMARTS) is 1. The Morgan fingerprint density at radius 2 is 1.90 bits per heavy atom. The molecule has 1 aromatic carbocycles. The fourth-order valence-electron chi connectivity index (χ4n) is 1.94. The molecular weight excluding hydrogens is 256 g/mol. The molecule has 5 heteroatoms. The molecule has 0 saturated heterocycles. The molecule has 110 valence electrons. The van der Waals surface area contributed by atoms with Crippen molar-refractivity contribution < 1.29 is 14.7 Å². The van der Waals surface area contributed by atoms with Crippen molar-refractivity contribution in [1.29, 1.82) is 0 Å². The van der Waals surface area contributed by atoms with Crippen LogP contribution in [0.25, 0.3) is 0 Å². The lowest BCUT2D eigenvalue weighted by atomic mass is 10.1. The van der Waals surface area contributed by atoms with Crippen LogP contribution in [0.15, 0.2) is 24.3 Å². The number of benzene rings is 1. The van der Waals surface area contributed by atoms with Crippen molar-refractivity contribution >= 4 is 17.6 Å². The van der Waals surface area contributed by atoms with Crippen molar-refractivity contribution in [2.24, 2.45) is 0 Å². The van der Waals surface area contributed by atoms with Gasteiger partial charge in [0.15, 0.2) is 0 Å². The van der Waals surface area contributed by atoms with Gasteiger partial charge >= 0.3 is 5.97 Å². The van der Waals surface area contributed by atoms with Gasteiger partial charge in [-0.05, 0) is 37.5 Å². The van der Waals surface area contributed by atoms with Gasteiger partial charge in [-0.25, -0.2) is 0 Å². The van der Waals surface area contributed by atoms with E-state index < -0.39 is 5.97 Å². The first-order valence-corrected chi connectivity index (χ1v) is 6.79. The predicted molar refractivity (Wildman–Crippen MR) is 78.3 cm³/mol. The largest absolute Gasteiger partial charge is 0.480 e. The van der Waals surface area contributed by atoms with Gasteiger partial charge in [0.1, 0.15) is 6.54 Å². The molecule has 0 spiro atoms. The van der Waals surface area contributed by atoms with Gasteiger partial charge in [-0.1, -0.05) is 19.1 Å². The Hall–Kier alpha value is -2.04. The topological polar surface area (TPSA) is 83.6 Å². The third-order valence-electron chi connectivity index (χ3n) is 3.36. The van der Waals surface area contributed by atoms with Crippen LogP contribution < -0.4 is 5.73 Å². The Kier molecular flexibility index (Phi) is 6.03. The summed E-state index contributed by atoms with van der Waals surface area (Å²) in [5.74, 6) is -1.11. The average Bonchev–Trinajstić information content (AvgIpc) is 2.42. The summed E-state index contributed by atoms with van der Waals surface area (Å²) in [7, 11) is 0. The molecule has 0 bridgehead atoms. The number of aryl methyl sites for hydroxylation is 1. The Morgan fingerprint density at radius 1 is 1.30 bits per heavy atom. The number of nitrogens with zero attached hydrogens (tertiary/aromatic N) is 1. The van der Waals surface area contributed by atoms with E-state index >= 15 is 0 Å². The van der Waals surface area contributed by atoms with Gasteiger partial charge in [-0.15, -0.1) is 0 Å². The molecule has 0 aromatic heterocycles. The zero-order valence-corrected chi connectivity index (χ0v) is 12.0. The zero-order valence-electron chi connectivity index (χ0n) is 12.0. The maximum Gasteiger partial charge on any atom is 0.323 e. The number of rotatable bonds is 7. The van der Waals surface area contributed by atoms with E-state index in [1.165, 1.54) is 4.90 Å². The number of carbonyl (C=O) groups is 2. The summed E-state index contributed by atoms with van der Waals surface area (Å²) in [5, 5.41) is 8.89. The first kappa shape index (κ1) is 16.0. The first-order valence-electron chi connectivity index (χ1n) is 6.79. The molecule has 0 aliphatic heterocycles. The van der Waals surface area contributed by atoms with Crippen LogP contribution in [0.1, 0.15) is 32.3 Å². The Morgan fingerprint density at radius 3 is 2.40 bits per heavy atom. The second kappa shape index (κ2) is 7.53. The van der Waals surface area contributed by atoms with Crippen molar-refractivity contribution in [3.63, 3.8) is 0 Å². The number of anilines is 1. The van der Waals surface area contributed by atoms with Crippen LogP contribution in [0.2, 0.25) is 0 Å². The fraction of sp³-hybridized carbons (Fsp3) is 0.467.